The molecule has 6 nitrogen and oxygen atoms in total. The first-order valence-corrected chi connectivity index (χ1v) is 9.93. The van der Waals surface area contributed by atoms with Gasteiger partial charge in [-0.2, -0.15) is 0 Å². The molecular weight excluding hydrogens is 354 g/mol. The van der Waals surface area contributed by atoms with Gasteiger partial charge >= 0.3 is 0 Å². The largest absolute Gasteiger partial charge is 0.373 e. The molecule has 2 aromatic rings. The van der Waals surface area contributed by atoms with Crippen LogP contribution in [0.2, 0.25) is 0 Å². The number of benzene rings is 2. The maximum absolute atomic E-state index is 12.3. The van der Waals surface area contributed by atoms with E-state index in [-0.39, 0.29) is 30.4 Å². The number of morpholine rings is 1. The predicted molar refractivity (Wildman–Crippen MR) is 110 cm³/mol. The second kappa shape index (κ2) is 9.66. The van der Waals surface area contributed by atoms with Crippen LogP contribution in [-0.2, 0) is 9.53 Å². The van der Waals surface area contributed by atoms with E-state index in [1.807, 2.05) is 42.5 Å². The molecule has 0 spiro atoms. The third kappa shape index (κ3) is 5.78. The molecule has 2 N–H and O–H groups in total. The van der Waals surface area contributed by atoms with Gasteiger partial charge in [0, 0.05) is 44.7 Å². The quantitative estimate of drug-likeness (QED) is 0.769. The van der Waals surface area contributed by atoms with Gasteiger partial charge in [-0.1, -0.05) is 30.3 Å². The minimum atomic E-state index is -0.158. The summed E-state index contributed by atoms with van der Waals surface area (Å²) in [6.45, 7) is 7.66. The van der Waals surface area contributed by atoms with Crippen LogP contribution in [0.1, 0.15) is 30.6 Å². The Morgan fingerprint density at radius 1 is 1.00 bits per heavy atom. The molecule has 0 bridgehead atoms. The molecule has 2 atom stereocenters. The third-order valence-electron chi connectivity index (χ3n) is 4.89. The van der Waals surface area contributed by atoms with E-state index in [0.29, 0.717) is 18.7 Å². The zero-order chi connectivity index (χ0) is 19.9. The molecular formula is C22H29N3O3. The number of fused-ring (bicyclic) bond motifs is 1. The molecule has 2 unspecified atom stereocenters. The average molecular weight is 383 g/mol. The highest BCUT2D eigenvalue weighted by Crippen LogP contribution is 2.15. The number of rotatable bonds is 7. The maximum Gasteiger partial charge on any atom is 0.251 e. The minimum absolute atomic E-state index is 0.0480. The molecule has 2 aromatic carbocycles. The van der Waals surface area contributed by atoms with Gasteiger partial charge in [0.1, 0.15) is 0 Å². The van der Waals surface area contributed by atoms with E-state index in [1.54, 1.807) is 0 Å². The first kappa shape index (κ1) is 20.3. The van der Waals surface area contributed by atoms with Crippen molar-refractivity contribution in [2.75, 3.05) is 32.7 Å². The average Bonchev–Trinajstić information content (AvgIpc) is 2.66. The van der Waals surface area contributed by atoms with Crippen LogP contribution in [0, 0.1) is 0 Å². The van der Waals surface area contributed by atoms with Gasteiger partial charge in [-0.05, 0) is 36.8 Å². The van der Waals surface area contributed by atoms with Crippen molar-refractivity contribution in [3.63, 3.8) is 0 Å². The first-order valence-electron chi connectivity index (χ1n) is 9.93. The second-order valence-corrected chi connectivity index (χ2v) is 7.43. The lowest BCUT2D eigenvalue weighted by Gasteiger charge is -2.35. The molecule has 3 rings (SSSR count). The van der Waals surface area contributed by atoms with E-state index in [2.05, 4.69) is 29.4 Å². The summed E-state index contributed by atoms with van der Waals surface area (Å²) in [4.78, 5) is 26.6. The fourth-order valence-electron chi connectivity index (χ4n) is 3.63. The number of nitrogens with zero attached hydrogens (tertiary/aromatic N) is 1. The molecule has 1 aliphatic rings. The Morgan fingerprint density at radius 2 is 1.71 bits per heavy atom. The van der Waals surface area contributed by atoms with Crippen molar-refractivity contribution in [2.24, 2.45) is 0 Å². The Morgan fingerprint density at radius 3 is 2.46 bits per heavy atom. The highest BCUT2D eigenvalue weighted by Gasteiger charge is 2.21. The van der Waals surface area contributed by atoms with Gasteiger partial charge in [-0.3, -0.25) is 14.5 Å². The van der Waals surface area contributed by atoms with Crippen molar-refractivity contribution in [1.29, 1.82) is 0 Å². The van der Waals surface area contributed by atoms with Crippen molar-refractivity contribution < 1.29 is 14.3 Å². The summed E-state index contributed by atoms with van der Waals surface area (Å²) in [6.07, 6.45) is 0.726. The third-order valence-corrected chi connectivity index (χ3v) is 4.89. The SMILES string of the molecule is CC1CN(CCNC(=O)CCNC(=O)c2ccc3ccccc3c2)CC(C)O1. The number of hydrogen-bond acceptors (Lipinski definition) is 4. The summed E-state index contributed by atoms with van der Waals surface area (Å²) in [7, 11) is 0. The lowest BCUT2D eigenvalue weighted by molar-refractivity contribution is -0.121. The van der Waals surface area contributed by atoms with Gasteiger partial charge in [0.05, 0.1) is 12.2 Å². The van der Waals surface area contributed by atoms with E-state index in [9.17, 15) is 9.59 Å². The van der Waals surface area contributed by atoms with Crippen LogP contribution in [0.25, 0.3) is 10.8 Å². The molecule has 0 radical (unpaired) electrons. The number of carbonyl (C=O) groups is 2. The number of amides is 2. The molecule has 1 saturated heterocycles. The van der Waals surface area contributed by atoms with E-state index in [0.717, 1.165) is 30.4 Å². The molecule has 1 aliphatic heterocycles. The topological polar surface area (TPSA) is 70.7 Å². The van der Waals surface area contributed by atoms with Gasteiger partial charge in [-0.15, -0.1) is 0 Å². The fraction of sp³-hybridized carbons (Fsp3) is 0.455. The molecule has 0 aliphatic carbocycles. The molecule has 0 aromatic heterocycles. The molecule has 6 heteroatoms. The van der Waals surface area contributed by atoms with Crippen LogP contribution in [0.4, 0.5) is 0 Å². The maximum atomic E-state index is 12.3. The Hall–Kier alpha value is -2.44. The standard InChI is InChI=1S/C22H29N3O3/c1-16-14-25(15-17(2)28-16)12-11-23-21(26)9-10-24-22(27)20-8-7-18-5-3-4-6-19(18)13-20/h3-8,13,16-17H,9-12,14-15H2,1-2H3,(H,23,26)(H,24,27). The van der Waals surface area contributed by atoms with Gasteiger partial charge in [0.2, 0.25) is 5.91 Å². The summed E-state index contributed by atoms with van der Waals surface area (Å²) in [5.74, 6) is -0.206. The monoisotopic (exact) mass is 383 g/mol. The predicted octanol–water partition coefficient (Wildman–Crippen LogP) is 2.19. The molecule has 1 heterocycles. The Balaban J connectivity index is 1.35. The first-order chi connectivity index (χ1) is 13.5. The molecule has 1 fully saturated rings. The summed E-state index contributed by atoms with van der Waals surface area (Å²) in [6, 6.07) is 13.5. The Labute approximate surface area is 166 Å². The van der Waals surface area contributed by atoms with Gasteiger partial charge < -0.3 is 15.4 Å². The highest BCUT2D eigenvalue weighted by molar-refractivity contribution is 5.98. The number of hydrogen-bond donors (Lipinski definition) is 2. The summed E-state index contributed by atoms with van der Waals surface area (Å²) in [5.41, 5.74) is 0.606. The van der Waals surface area contributed by atoms with Gasteiger partial charge in [-0.25, -0.2) is 0 Å². The number of ether oxygens (including phenoxy) is 1. The fourth-order valence-corrected chi connectivity index (χ4v) is 3.63. The van der Waals surface area contributed by atoms with Crippen LogP contribution in [0.15, 0.2) is 42.5 Å². The number of carbonyl (C=O) groups excluding carboxylic acids is 2. The van der Waals surface area contributed by atoms with Crippen molar-refractivity contribution >= 4 is 22.6 Å². The van der Waals surface area contributed by atoms with E-state index < -0.39 is 0 Å². The number of nitrogens with one attached hydrogen (secondary N) is 2. The lowest BCUT2D eigenvalue weighted by atomic mass is 10.1. The van der Waals surface area contributed by atoms with E-state index >= 15 is 0 Å². The van der Waals surface area contributed by atoms with Crippen LogP contribution >= 0.6 is 0 Å². The molecule has 28 heavy (non-hydrogen) atoms. The Kier molecular flexibility index (Phi) is 7.01. The minimum Gasteiger partial charge on any atom is -0.373 e. The van der Waals surface area contributed by atoms with E-state index in [4.69, 9.17) is 4.74 Å². The highest BCUT2D eigenvalue weighted by atomic mass is 16.5. The van der Waals surface area contributed by atoms with Crippen molar-refractivity contribution in [2.45, 2.75) is 32.5 Å². The van der Waals surface area contributed by atoms with Crippen LogP contribution < -0.4 is 10.6 Å². The van der Waals surface area contributed by atoms with Crippen molar-refractivity contribution in [3.05, 3.63) is 48.0 Å². The zero-order valence-electron chi connectivity index (χ0n) is 16.6. The summed E-state index contributed by atoms with van der Waals surface area (Å²) < 4.78 is 5.71. The van der Waals surface area contributed by atoms with E-state index in [1.165, 1.54) is 0 Å². The molecule has 0 saturated carbocycles. The normalized spacial score (nSPS) is 20.1. The van der Waals surface area contributed by atoms with Crippen LogP contribution in [-0.4, -0.2) is 61.6 Å². The van der Waals surface area contributed by atoms with Crippen molar-refractivity contribution in [1.82, 2.24) is 15.5 Å². The smallest absolute Gasteiger partial charge is 0.251 e. The second-order valence-electron chi connectivity index (χ2n) is 7.43. The summed E-state index contributed by atoms with van der Waals surface area (Å²) >= 11 is 0. The summed E-state index contributed by atoms with van der Waals surface area (Å²) in [5, 5.41) is 7.87. The van der Waals surface area contributed by atoms with Gasteiger partial charge in [0.25, 0.3) is 5.91 Å². The lowest BCUT2D eigenvalue weighted by Crippen LogP contribution is -2.48. The van der Waals surface area contributed by atoms with Gasteiger partial charge in [0.15, 0.2) is 0 Å². The molecule has 150 valence electrons. The van der Waals surface area contributed by atoms with Crippen LogP contribution in [0.5, 0.6) is 0 Å². The van der Waals surface area contributed by atoms with Crippen molar-refractivity contribution in [3.8, 4) is 0 Å². The zero-order valence-corrected chi connectivity index (χ0v) is 16.6. The van der Waals surface area contributed by atoms with Crippen LogP contribution in [0.3, 0.4) is 0 Å². The molecule has 2 amide bonds. The Bertz CT molecular complexity index is 814.